The van der Waals surface area contributed by atoms with Crippen molar-refractivity contribution < 1.29 is 4.39 Å². The Kier molecular flexibility index (Phi) is 4.23. The van der Waals surface area contributed by atoms with Crippen LogP contribution < -0.4 is 5.32 Å². The van der Waals surface area contributed by atoms with Gasteiger partial charge in [-0.15, -0.1) is 0 Å². The predicted molar refractivity (Wildman–Crippen MR) is 80.2 cm³/mol. The smallest absolute Gasteiger partial charge is 0.123 e. The lowest BCUT2D eigenvalue weighted by molar-refractivity contribution is 0.620. The summed E-state index contributed by atoms with van der Waals surface area (Å²) in [7, 11) is 3.81. The number of hydrogen-bond donors (Lipinski definition) is 1. The summed E-state index contributed by atoms with van der Waals surface area (Å²) in [6.45, 7) is 6.28. The zero-order valence-electron chi connectivity index (χ0n) is 12.7. The van der Waals surface area contributed by atoms with Gasteiger partial charge in [0.25, 0.3) is 0 Å². The third-order valence-electron chi connectivity index (χ3n) is 3.61. The second-order valence-corrected chi connectivity index (χ2v) is 5.50. The van der Waals surface area contributed by atoms with E-state index in [2.05, 4.69) is 31.2 Å². The Labute approximate surface area is 119 Å². The minimum Gasteiger partial charge on any atom is -0.313 e. The number of hydrogen-bond acceptors (Lipinski definition) is 2. The van der Waals surface area contributed by atoms with Gasteiger partial charge >= 0.3 is 0 Å². The van der Waals surface area contributed by atoms with Crippen molar-refractivity contribution in [1.29, 1.82) is 0 Å². The molecule has 1 atom stereocenters. The first-order valence-corrected chi connectivity index (χ1v) is 6.94. The van der Waals surface area contributed by atoms with Gasteiger partial charge in [0.05, 0.1) is 5.69 Å². The van der Waals surface area contributed by atoms with Crippen LogP contribution in [0.3, 0.4) is 0 Å². The quantitative estimate of drug-likeness (QED) is 0.923. The Morgan fingerprint density at radius 3 is 2.50 bits per heavy atom. The summed E-state index contributed by atoms with van der Waals surface area (Å²) >= 11 is 0. The van der Waals surface area contributed by atoms with E-state index in [1.54, 1.807) is 10.7 Å². The molecule has 0 aliphatic heterocycles. The molecule has 1 aromatic carbocycles. The molecule has 1 unspecified atom stereocenters. The number of nitrogens with zero attached hydrogens (tertiary/aromatic N) is 2. The van der Waals surface area contributed by atoms with Crippen molar-refractivity contribution in [1.82, 2.24) is 15.1 Å². The number of aromatic nitrogens is 2. The molecule has 0 radical (unpaired) electrons. The molecular weight excluding hydrogens is 253 g/mol. The van der Waals surface area contributed by atoms with Gasteiger partial charge in [-0.3, -0.25) is 4.68 Å². The van der Waals surface area contributed by atoms with Gasteiger partial charge in [-0.25, -0.2) is 4.39 Å². The van der Waals surface area contributed by atoms with E-state index in [0.29, 0.717) is 5.92 Å². The minimum atomic E-state index is -0.217. The Balaban J connectivity index is 2.65. The van der Waals surface area contributed by atoms with Crippen molar-refractivity contribution in [2.45, 2.75) is 32.7 Å². The third kappa shape index (κ3) is 2.75. The summed E-state index contributed by atoms with van der Waals surface area (Å²) in [5, 5.41) is 7.73. The second-order valence-electron chi connectivity index (χ2n) is 5.50. The summed E-state index contributed by atoms with van der Waals surface area (Å²) in [4.78, 5) is 0. The Morgan fingerprint density at radius 2 is 1.90 bits per heavy atom. The summed E-state index contributed by atoms with van der Waals surface area (Å²) < 4.78 is 15.5. The van der Waals surface area contributed by atoms with Crippen molar-refractivity contribution in [3.63, 3.8) is 0 Å². The number of benzene rings is 1. The highest BCUT2D eigenvalue weighted by molar-refractivity contribution is 5.70. The highest BCUT2D eigenvalue weighted by Crippen LogP contribution is 2.33. The van der Waals surface area contributed by atoms with Crippen molar-refractivity contribution in [3.8, 4) is 11.1 Å². The van der Waals surface area contributed by atoms with Crippen LogP contribution in [0.4, 0.5) is 4.39 Å². The molecule has 2 rings (SSSR count). The Hall–Kier alpha value is -1.68. The van der Waals surface area contributed by atoms with E-state index < -0.39 is 0 Å². The Morgan fingerprint density at radius 1 is 1.20 bits per heavy atom. The standard InChI is InChI=1S/C16H22FN3/c1-10(2)16-15(9-20(5)19-16)14-8-12(17)6-7-13(14)11(3)18-4/h6-11,18H,1-5H3. The van der Waals surface area contributed by atoms with Crippen LogP contribution in [0.5, 0.6) is 0 Å². The Bertz CT molecular complexity index is 602. The van der Waals surface area contributed by atoms with Crippen LogP contribution in [0.1, 0.15) is 44.0 Å². The van der Waals surface area contributed by atoms with E-state index in [0.717, 1.165) is 22.4 Å². The van der Waals surface area contributed by atoms with Gasteiger partial charge in [0, 0.05) is 24.8 Å². The van der Waals surface area contributed by atoms with Gasteiger partial charge in [-0.05, 0) is 43.1 Å². The number of halogens is 1. The van der Waals surface area contributed by atoms with Crippen molar-refractivity contribution in [2.75, 3.05) is 7.05 Å². The molecule has 2 aromatic rings. The first-order valence-electron chi connectivity index (χ1n) is 6.94. The fraction of sp³-hybridized carbons (Fsp3) is 0.438. The molecule has 3 nitrogen and oxygen atoms in total. The highest BCUT2D eigenvalue weighted by Gasteiger charge is 2.18. The first-order chi connectivity index (χ1) is 9.43. The van der Waals surface area contributed by atoms with Gasteiger partial charge < -0.3 is 5.32 Å². The number of aryl methyl sites for hydroxylation is 1. The van der Waals surface area contributed by atoms with E-state index in [1.807, 2.05) is 26.4 Å². The molecule has 1 heterocycles. The normalized spacial score (nSPS) is 12.9. The highest BCUT2D eigenvalue weighted by atomic mass is 19.1. The van der Waals surface area contributed by atoms with Gasteiger partial charge in [-0.2, -0.15) is 5.10 Å². The molecule has 0 saturated carbocycles. The average molecular weight is 275 g/mol. The molecule has 0 spiro atoms. The number of rotatable bonds is 4. The molecule has 0 aliphatic rings. The molecule has 108 valence electrons. The second kappa shape index (κ2) is 5.75. The van der Waals surface area contributed by atoms with Gasteiger partial charge in [0.2, 0.25) is 0 Å². The van der Waals surface area contributed by atoms with Crippen molar-refractivity contribution >= 4 is 0 Å². The maximum Gasteiger partial charge on any atom is 0.123 e. The van der Waals surface area contributed by atoms with Crippen LogP contribution in [0, 0.1) is 5.82 Å². The topological polar surface area (TPSA) is 29.9 Å². The van der Waals surface area contributed by atoms with Gasteiger partial charge in [0.1, 0.15) is 5.82 Å². The molecule has 4 heteroatoms. The van der Waals surface area contributed by atoms with Gasteiger partial charge in [0.15, 0.2) is 0 Å². The molecule has 0 aliphatic carbocycles. The van der Waals surface area contributed by atoms with Crippen molar-refractivity contribution in [3.05, 3.63) is 41.5 Å². The predicted octanol–water partition coefficient (Wildman–Crippen LogP) is 3.63. The largest absolute Gasteiger partial charge is 0.313 e. The van der Waals surface area contributed by atoms with E-state index in [9.17, 15) is 4.39 Å². The summed E-state index contributed by atoms with van der Waals surface area (Å²) in [5.74, 6) is 0.0813. The molecule has 0 fully saturated rings. The SMILES string of the molecule is CNC(C)c1ccc(F)cc1-c1cn(C)nc1C(C)C. The summed E-state index contributed by atoms with van der Waals surface area (Å²) in [6.07, 6.45) is 1.97. The van der Waals surface area contributed by atoms with Crippen LogP contribution in [0.15, 0.2) is 24.4 Å². The van der Waals surface area contributed by atoms with Crippen LogP contribution >= 0.6 is 0 Å². The molecule has 1 aromatic heterocycles. The zero-order valence-corrected chi connectivity index (χ0v) is 12.7. The molecule has 1 N–H and O–H groups in total. The molecule has 20 heavy (non-hydrogen) atoms. The van der Waals surface area contributed by atoms with Gasteiger partial charge in [-0.1, -0.05) is 19.9 Å². The molecule has 0 amide bonds. The monoisotopic (exact) mass is 275 g/mol. The maximum atomic E-state index is 13.7. The third-order valence-corrected chi connectivity index (χ3v) is 3.61. The average Bonchev–Trinajstić information content (AvgIpc) is 2.80. The van der Waals surface area contributed by atoms with Crippen molar-refractivity contribution in [2.24, 2.45) is 7.05 Å². The fourth-order valence-corrected chi connectivity index (χ4v) is 2.43. The van der Waals surface area contributed by atoms with Crippen LogP contribution in [-0.2, 0) is 7.05 Å². The minimum absolute atomic E-state index is 0.158. The maximum absolute atomic E-state index is 13.7. The summed E-state index contributed by atoms with van der Waals surface area (Å²) in [6, 6.07) is 5.12. The first kappa shape index (κ1) is 14.7. The van der Waals surface area contributed by atoms with E-state index >= 15 is 0 Å². The number of nitrogens with one attached hydrogen (secondary N) is 1. The molecule has 0 bridgehead atoms. The zero-order chi connectivity index (χ0) is 14.9. The van der Waals surface area contributed by atoms with E-state index in [4.69, 9.17) is 0 Å². The molecular formula is C16H22FN3. The van der Waals surface area contributed by atoms with E-state index in [1.165, 1.54) is 6.07 Å². The summed E-state index contributed by atoms with van der Waals surface area (Å²) in [5.41, 5.74) is 4.02. The van der Waals surface area contributed by atoms with Crippen LogP contribution in [0.2, 0.25) is 0 Å². The van der Waals surface area contributed by atoms with Crippen LogP contribution in [0.25, 0.3) is 11.1 Å². The van der Waals surface area contributed by atoms with E-state index in [-0.39, 0.29) is 11.9 Å². The fourth-order valence-electron chi connectivity index (χ4n) is 2.43. The lowest BCUT2D eigenvalue weighted by atomic mass is 9.93. The lowest BCUT2D eigenvalue weighted by Gasteiger charge is -2.16. The molecule has 0 saturated heterocycles. The lowest BCUT2D eigenvalue weighted by Crippen LogP contribution is -2.13. The van der Waals surface area contributed by atoms with Crippen LogP contribution in [-0.4, -0.2) is 16.8 Å².